The number of rotatable bonds is 2. The van der Waals surface area contributed by atoms with Crippen LogP contribution in [0.5, 0.6) is 0 Å². The number of hydrogen-bond donors (Lipinski definition) is 2. The van der Waals surface area contributed by atoms with Crippen molar-refractivity contribution in [3.05, 3.63) is 16.1 Å². The number of carbonyl (C=O) groups is 1. The summed E-state index contributed by atoms with van der Waals surface area (Å²) < 4.78 is 0. The van der Waals surface area contributed by atoms with Crippen LogP contribution in [0.3, 0.4) is 0 Å². The second-order valence-electron chi connectivity index (χ2n) is 3.75. The molecule has 1 aromatic heterocycles. The molecule has 0 aliphatic carbocycles. The molecule has 1 saturated heterocycles. The number of piperidine rings is 1. The zero-order chi connectivity index (χ0) is 10.7. The van der Waals surface area contributed by atoms with Crippen LogP contribution in [0.15, 0.2) is 5.38 Å². The van der Waals surface area contributed by atoms with Gasteiger partial charge in [-0.25, -0.2) is 4.98 Å². The van der Waals surface area contributed by atoms with Gasteiger partial charge in [0, 0.05) is 11.4 Å². The number of amides is 1. The summed E-state index contributed by atoms with van der Waals surface area (Å²) in [5.74, 6) is -0.0359. The van der Waals surface area contributed by atoms with Crippen molar-refractivity contribution >= 4 is 17.2 Å². The Morgan fingerprint density at radius 1 is 1.60 bits per heavy atom. The molecule has 5 heteroatoms. The third-order valence-electron chi connectivity index (χ3n) is 2.53. The summed E-state index contributed by atoms with van der Waals surface area (Å²) in [6.45, 7) is 3.88. The van der Waals surface area contributed by atoms with Crippen LogP contribution in [0.4, 0.5) is 0 Å². The molecule has 1 fully saturated rings. The molecule has 2 rings (SSSR count). The monoisotopic (exact) mass is 225 g/mol. The summed E-state index contributed by atoms with van der Waals surface area (Å²) in [4.78, 5) is 15.9. The number of thiazole rings is 1. The maximum Gasteiger partial charge on any atom is 0.270 e. The molecule has 0 atom stereocenters. The van der Waals surface area contributed by atoms with Gasteiger partial charge in [-0.3, -0.25) is 4.79 Å². The van der Waals surface area contributed by atoms with Crippen molar-refractivity contribution in [2.45, 2.75) is 25.8 Å². The molecule has 0 saturated carbocycles. The van der Waals surface area contributed by atoms with Crippen LogP contribution in [0.2, 0.25) is 0 Å². The molecule has 0 spiro atoms. The van der Waals surface area contributed by atoms with E-state index >= 15 is 0 Å². The number of hydrogen-bond acceptors (Lipinski definition) is 4. The van der Waals surface area contributed by atoms with Gasteiger partial charge in [-0.1, -0.05) is 0 Å². The fraction of sp³-hybridized carbons (Fsp3) is 0.600. The molecule has 1 aliphatic heterocycles. The van der Waals surface area contributed by atoms with Crippen molar-refractivity contribution in [1.82, 2.24) is 15.6 Å². The summed E-state index contributed by atoms with van der Waals surface area (Å²) in [5, 5.41) is 9.03. The van der Waals surface area contributed by atoms with E-state index in [4.69, 9.17) is 0 Å². The van der Waals surface area contributed by atoms with Gasteiger partial charge < -0.3 is 10.6 Å². The lowest BCUT2D eigenvalue weighted by Gasteiger charge is -2.23. The molecular weight excluding hydrogens is 210 g/mol. The highest BCUT2D eigenvalue weighted by Crippen LogP contribution is 2.09. The summed E-state index contributed by atoms with van der Waals surface area (Å²) >= 11 is 1.51. The molecule has 2 N–H and O–H groups in total. The van der Waals surface area contributed by atoms with E-state index in [1.165, 1.54) is 11.3 Å². The largest absolute Gasteiger partial charge is 0.348 e. The maximum absolute atomic E-state index is 11.7. The molecule has 1 amide bonds. The van der Waals surface area contributed by atoms with Crippen molar-refractivity contribution in [2.75, 3.05) is 13.1 Å². The normalized spacial score (nSPS) is 17.7. The average Bonchev–Trinajstić information content (AvgIpc) is 2.66. The lowest BCUT2D eigenvalue weighted by Crippen LogP contribution is -2.42. The number of nitrogens with zero attached hydrogens (tertiary/aromatic N) is 1. The standard InChI is InChI=1S/C10H15N3OS/c1-7-12-9(6-15-7)10(14)13-8-2-4-11-5-3-8/h6,8,11H,2-5H2,1H3,(H,13,14). The van der Waals surface area contributed by atoms with E-state index in [9.17, 15) is 4.79 Å². The van der Waals surface area contributed by atoms with Gasteiger partial charge in [0.2, 0.25) is 0 Å². The van der Waals surface area contributed by atoms with Gasteiger partial charge in [-0.2, -0.15) is 0 Å². The van der Waals surface area contributed by atoms with Gasteiger partial charge in [0.05, 0.1) is 5.01 Å². The molecule has 0 aromatic carbocycles. The Kier molecular flexibility index (Phi) is 3.33. The van der Waals surface area contributed by atoms with Gasteiger partial charge in [0.1, 0.15) is 5.69 Å². The summed E-state index contributed by atoms with van der Waals surface area (Å²) in [7, 11) is 0. The van der Waals surface area contributed by atoms with E-state index in [1.807, 2.05) is 12.3 Å². The predicted molar refractivity (Wildman–Crippen MR) is 60.2 cm³/mol. The molecular formula is C10H15N3OS. The van der Waals surface area contributed by atoms with Crippen LogP contribution in [0, 0.1) is 6.92 Å². The fourth-order valence-corrected chi connectivity index (χ4v) is 2.29. The lowest BCUT2D eigenvalue weighted by atomic mass is 10.1. The SMILES string of the molecule is Cc1nc(C(=O)NC2CCNCC2)cs1. The van der Waals surface area contributed by atoms with Crippen LogP contribution >= 0.6 is 11.3 Å². The van der Waals surface area contributed by atoms with Crippen LogP contribution < -0.4 is 10.6 Å². The Morgan fingerprint density at radius 3 is 2.93 bits per heavy atom. The highest BCUT2D eigenvalue weighted by atomic mass is 32.1. The molecule has 0 bridgehead atoms. The van der Waals surface area contributed by atoms with Gasteiger partial charge in [-0.15, -0.1) is 11.3 Å². The third kappa shape index (κ3) is 2.76. The van der Waals surface area contributed by atoms with Gasteiger partial charge >= 0.3 is 0 Å². The Bertz CT molecular complexity index is 344. The summed E-state index contributed by atoms with van der Waals surface area (Å²) in [6, 6.07) is 0.306. The van der Waals surface area contributed by atoms with E-state index in [-0.39, 0.29) is 5.91 Å². The van der Waals surface area contributed by atoms with Crippen molar-refractivity contribution in [2.24, 2.45) is 0 Å². The zero-order valence-electron chi connectivity index (χ0n) is 8.75. The second-order valence-corrected chi connectivity index (χ2v) is 4.81. The van der Waals surface area contributed by atoms with Gasteiger partial charge in [-0.05, 0) is 32.9 Å². The zero-order valence-corrected chi connectivity index (χ0v) is 9.56. The molecule has 0 unspecified atom stereocenters. The van der Waals surface area contributed by atoms with E-state index in [1.54, 1.807) is 0 Å². The Balaban J connectivity index is 1.91. The number of carbonyl (C=O) groups excluding carboxylic acids is 1. The van der Waals surface area contributed by atoms with Crippen molar-refractivity contribution < 1.29 is 4.79 Å². The Hall–Kier alpha value is -0.940. The maximum atomic E-state index is 11.7. The minimum absolute atomic E-state index is 0.0359. The second kappa shape index (κ2) is 4.72. The topological polar surface area (TPSA) is 54.0 Å². The van der Waals surface area contributed by atoms with Crippen LogP contribution in [0.1, 0.15) is 28.3 Å². The van der Waals surface area contributed by atoms with E-state index in [0.717, 1.165) is 30.9 Å². The minimum Gasteiger partial charge on any atom is -0.348 e. The predicted octanol–water partition coefficient (Wildman–Crippen LogP) is 0.933. The molecule has 4 nitrogen and oxygen atoms in total. The highest BCUT2D eigenvalue weighted by Gasteiger charge is 2.17. The smallest absolute Gasteiger partial charge is 0.270 e. The Morgan fingerprint density at radius 2 is 2.33 bits per heavy atom. The first-order valence-corrected chi connectivity index (χ1v) is 6.07. The molecule has 1 aliphatic rings. The molecule has 2 heterocycles. The quantitative estimate of drug-likeness (QED) is 0.787. The highest BCUT2D eigenvalue weighted by molar-refractivity contribution is 7.09. The van der Waals surface area contributed by atoms with Gasteiger partial charge in [0.25, 0.3) is 5.91 Å². The minimum atomic E-state index is -0.0359. The number of aromatic nitrogens is 1. The number of aryl methyl sites for hydroxylation is 1. The Labute approximate surface area is 93.1 Å². The summed E-state index contributed by atoms with van der Waals surface area (Å²) in [6.07, 6.45) is 2.02. The van der Waals surface area contributed by atoms with Crippen LogP contribution in [-0.4, -0.2) is 30.0 Å². The van der Waals surface area contributed by atoms with Gasteiger partial charge in [0.15, 0.2) is 0 Å². The molecule has 1 aromatic rings. The summed E-state index contributed by atoms with van der Waals surface area (Å²) in [5.41, 5.74) is 0.552. The molecule has 0 radical (unpaired) electrons. The van der Waals surface area contributed by atoms with Crippen LogP contribution in [-0.2, 0) is 0 Å². The van der Waals surface area contributed by atoms with E-state index in [2.05, 4.69) is 15.6 Å². The third-order valence-corrected chi connectivity index (χ3v) is 3.30. The number of nitrogens with one attached hydrogen (secondary N) is 2. The van der Waals surface area contributed by atoms with Crippen molar-refractivity contribution in [3.8, 4) is 0 Å². The average molecular weight is 225 g/mol. The molecule has 15 heavy (non-hydrogen) atoms. The van der Waals surface area contributed by atoms with E-state index < -0.39 is 0 Å². The van der Waals surface area contributed by atoms with Crippen molar-refractivity contribution in [1.29, 1.82) is 0 Å². The van der Waals surface area contributed by atoms with E-state index in [0.29, 0.717) is 11.7 Å². The molecule has 82 valence electrons. The fourth-order valence-electron chi connectivity index (χ4n) is 1.69. The first-order valence-electron chi connectivity index (χ1n) is 5.19. The first-order chi connectivity index (χ1) is 7.25. The lowest BCUT2D eigenvalue weighted by molar-refractivity contribution is 0.0925. The first kappa shape index (κ1) is 10.6. The van der Waals surface area contributed by atoms with Crippen LogP contribution in [0.25, 0.3) is 0 Å². The van der Waals surface area contributed by atoms with Crippen molar-refractivity contribution in [3.63, 3.8) is 0 Å².